The van der Waals surface area contributed by atoms with E-state index >= 15 is 0 Å². The van der Waals surface area contributed by atoms with E-state index in [1.165, 1.54) is 118 Å². The molecular weight excluding hydrogens is 969 g/mol. The van der Waals surface area contributed by atoms with Crippen molar-refractivity contribution in [2.24, 2.45) is 0 Å². The number of fused-ring (bicyclic) bond motifs is 4. The monoisotopic (exact) mass is 1020 g/mol. The second-order valence-corrected chi connectivity index (χ2v) is 28.3. The van der Waals surface area contributed by atoms with Crippen LogP contribution in [0.5, 0.6) is 0 Å². The van der Waals surface area contributed by atoms with Crippen molar-refractivity contribution in [1.29, 1.82) is 0 Å². The van der Waals surface area contributed by atoms with Crippen LogP contribution in [0, 0.1) is 0 Å². The standard InChI is InChI=1S/C76H54Si2/c1-7-30-63(31-8-1)77(64-32-9-2-10-33-64,65-34-11-3-12-35-65)69-47-49-72-73(53-69)75(61-29-23-28-59(52-61)60-44-42-55-24-19-21-26-57(55)50-60)71-48-46-70(54-74(71)76(72)62-45-43-56-25-20-22-27-58(56)51-62)78(66-36-13-4-14-37-66,67-38-15-5-16-39-67)68-40-17-6-18-41-68/h1-54H. The van der Waals surface area contributed by atoms with Crippen molar-refractivity contribution in [2.75, 3.05) is 0 Å². The molecule has 14 aromatic rings. The van der Waals surface area contributed by atoms with E-state index in [0.29, 0.717) is 0 Å². The van der Waals surface area contributed by atoms with Gasteiger partial charge in [0.05, 0.1) is 0 Å². The lowest BCUT2D eigenvalue weighted by Gasteiger charge is -2.35. The molecule has 0 unspecified atom stereocenters. The highest BCUT2D eigenvalue weighted by molar-refractivity contribution is 7.20. The Balaban J connectivity index is 1.15. The van der Waals surface area contributed by atoms with Gasteiger partial charge in [-0.15, -0.1) is 0 Å². The van der Waals surface area contributed by atoms with Gasteiger partial charge < -0.3 is 0 Å². The molecule has 0 aliphatic rings. The first-order chi connectivity index (χ1) is 38.7. The number of hydrogen-bond donors (Lipinski definition) is 0. The van der Waals surface area contributed by atoms with Crippen LogP contribution in [0.2, 0.25) is 0 Å². The van der Waals surface area contributed by atoms with E-state index in [9.17, 15) is 0 Å². The molecule has 14 aromatic carbocycles. The molecule has 0 aliphatic heterocycles. The molecule has 0 saturated heterocycles. The van der Waals surface area contributed by atoms with E-state index < -0.39 is 16.1 Å². The Morgan fingerprint density at radius 3 is 0.833 bits per heavy atom. The second-order valence-electron chi connectivity index (χ2n) is 20.7. The summed E-state index contributed by atoms with van der Waals surface area (Å²) in [5, 5.41) is 20.7. The van der Waals surface area contributed by atoms with E-state index in [1.54, 1.807) is 0 Å². The summed E-state index contributed by atoms with van der Waals surface area (Å²) in [6.45, 7) is 0. The van der Waals surface area contributed by atoms with E-state index in [-0.39, 0.29) is 0 Å². The van der Waals surface area contributed by atoms with Crippen LogP contribution in [0.1, 0.15) is 0 Å². The first-order valence-corrected chi connectivity index (χ1v) is 31.1. The molecule has 0 heterocycles. The number of rotatable bonds is 11. The predicted octanol–water partition coefficient (Wildman–Crippen LogP) is 14.1. The summed E-state index contributed by atoms with van der Waals surface area (Å²) in [5.41, 5.74) is 7.27. The van der Waals surface area contributed by atoms with Crippen molar-refractivity contribution < 1.29 is 0 Å². The smallest absolute Gasteiger partial charge is 0.0623 e. The highest BCUT2D eigenvalue weighted by Crippen LogP contribution is 2.45. The fourth-order valence-corrected chi connectivity index (χ4v) is 22.6. The van der Waals surface area contributed by atoms with Crippen LogP contribution in [-0.4, -0.2) is 16.1 Å². The van der Waals surface area contributed by atoms with Crippen molar-refractivity contribution in [3.05, 3.63) is 328 Å². The maximum Gasteiger partial charge on any atom is 0.179 e. The first kappa shape index (κ1) is 47.0. The lowest BCUT2D eigenvalue weighted by atomic mass is 9.85. The number of hydrogen-bond acceptors (Lipinski definition) is 0. The van der Waals surface area contributed by atoms with E-state index in [4.69, 9.17) is 0 Å². The molecule has 0 radical (unpaired) electrons. The van der Waals surface area contributed by atoms with Crippen LogP contribution in [0.25, 0.3) is 76.5 Å². The molecule has 2 heteroatoms. The summed E-state index contributed by atoms with van der Waals surface area (Å²) in [6, 6.07) is 124. The lowest BCUT2D eigenvalue weighted by molar-refractivity contribution is 1.63. The quantitative estimate of drug-likeness (QED) is 0.0688. The van der Waals surface area contributed by atoms with Gasteiger partial charge in [0.1, 0.15) is 0 Å². The van der Waals surface area contributed by atoms with Crippen molar-refractivity contribution >= 4 is 101 Å². The van der Waals surface area contributed by atoms with Crippen molar-refractivity contribution in [3.8, 4) is 33.4 Å². The Labute approximate surface area is 458 Å². The van der Waals surface area contributed by atoms with Gasteiger partial charge in [-0.25, -0.2) is 0 Å². The molecule has 0 bridgehead atoms. The molecule has 0 spiro atoms. The van der Waals surface area contributed by atoms with Gasteiger partial charge >= 0.3 is 0 Å². The van der Waals surface area contributed by atoms with E-state index in [0.717, 1.165) is 0 Å². The first-order valence-electron chi connectivity index (χ1n) is 27.1. The third-order valence-electron chi connectivity index (χ3n) is 16.5. The molecule has 78 heavy (non-hydrogen) atoms. The minimum absolute atomic E-state index is 1.19. The Kier molecular flexibility index (Phi) is 12.0. The molecule has 0 amide bonds. The zero-order valence-corrected chi connectivity index (χ0v) is 45.2. The maximum atomic E-state index is 2.61. The average molecular weight is 1020 g/mol. The zero-order chi connectivity index (χ0) is 51.9. The molecular formula is C76H54Si2. The van der Waals surface area contributed by atoms with E-state index in [2.05, 4.69) is 328 Å². The van der Waals surface area contributed by atoms with Gasteiger partial charge in [-0.1, -0.05) is 309 Å². The van der Waals surface area contributed by atoms with Crippen molar-refractivity contribution in [3.63, 3.8) is 0 Å². The molecule has 14 rings (SSSR count). The third-order valence-corrected chi connectivity index (χ3v) is 26.0. The van der Waals surface area contributed by atoms with Crippen LogP contribution in [-0.2, 0) is 0 Å². The summed E-state index contributed by atoms with van der Waals surface area (Å²) in [6.07, 6.45) is 0. The van der Waals surface area contributed by atoms with Crippen LogP contribution in [0.15, 0.2) is 328 Å². The fourth-order valence-electron chi connectivity index (χ4n) is 13.0. The second kappa shape index (κ2) is 19.9. The van der Waals surface area contributed by atoms with Crippen molar-refractivity contribution in [1.82, 2.24) is 0 Å². The molecule has 0 aliphatic carbocycles. The molecule has 0 saturated carbocycles. The molecule has 0 nitrogen and oxygen atoms in total. The Morgan fingerprint density at radius 1 is 0.154 bits per heavy atom. The summed E-state index contributed by atoms with van der Waals surface area (Å²) in [7, 11) is -5.94. The molecule has 0 aromatic heterocycles. The highest BCUT2D eigenvalue weighted by atomic mass is 28.3. The van der Waals surface area contributed by atoms with Gasteiger partial charge in [0.2, 0.25) is 0 Å². The van der Waals surface area contributed by atoms with Crippen molar-refractivity contribution in [2.45, 2.75) is 0 Å². The van der Waals surface area contributed by atoms with Crippen LogP contribution >= 0.6 is 0 Å². The number of benzene rings is 14. The fraction of sp³-hybridized carbons (Fsp3) is 0. The topological polar surface area (TPSA) is 0 Å². The Bertz CT molecular complexity index is 4270. The van der Waals surface area contributed by atoms with Gasteiger partial charge in [-0.3, -0.25) is 0 Å². The minimum Gasteiger partial charge on any atom is -0.0623 e. The third kappa shape index (κ3) is 7.88. The minimum atomic E-state index is -2.97. The summed E-state index contributed by atoms with van der Waals surface area (Å²) in [5.74, 6) is 0. The Morgan fingerprint density at radius 2 is 0.449 bits per heavy atom. The van der Waals surface area contributed by atoms with Gasteiger partial charge in [0, 0.05) is 0 Å². The van der Waals surface area contributed by atoms with Crippen LogP contribution < -0.4 is 41.5 Å². The van der Waals surface area contributed by atoms with Gasteiger partial charge in [-0.05, 0) is 136 Å². The summed E-state index contributed by atoms with van der Waals surface area (Å²) >= 11 is 0. The zero-order valence-electron chi connectivity index (χ0n) is 43.2. The lowest BCUT2D eigenvalue weighted by Crippen LogP contribution is -2.74. The highest BCUT2D eigenvalue weighted by Gasteiger charge is 2.43. The normalized spacial score (nSPS) is 11.8. The average Bonchev–Trinajstić information content (AvgIpc) is 3.41. The van der Waals surface area contributed by atoms with Crippen LogP contribution in [0.3, 0.4) is 0 Å². The Hall–Kier alpha value is -9.45. The molecule has 0 N–H and O–H groups in total. The summed E-state index contributed by atoms with van der Waals surface area (Å²) in [4.78, 5) is 0. The van der Waals surface area contributed by atoms with Gasteiger partial charge in [-0.2, -0.15) is 0 Å². The van der Waals surface area contributed by atoms with E-state index in [1.807, 2.05) is 0 Å². The molecule has 0 fully saturated rings. The largest absolute Gasteiger partial charge is 0.179 e. The maximum absolute atomic E-state index is 2.97. The molecule has 366 valence electrons. The molecule has 0 atom stereocenters. The SMILES string of the molecule is c1ccc([Si](c2ccccc2)(c2ccccc2)c2ccc3c(-c4ccc5ccccc5c4)c4cc([Si](c5ccccc5)(c5ccccc5)c5ccccc5)ccc4c(-c4cccc(-c5ccc6ccccc6c5)c4)c3c2)cc1. The van der Waals surface area contributed by atoms with Gasteiger partial charge in [0.15, 0.2) is 16.1 Å². The summed E-state index contributed by atoms with van der Waals surface area (Å²) < 4.78 is 0. The van der Waals surface area contributed by atoms with Crippen LogP contribution in [0.4, 0.5) is 0 Å². The van der Waals surface area contributed by atoms with Gasteiger partial charge in [0.25, 0.3) is 0 Å². The predicted molar refractivity (Wildman–Crippen MR) is 340 cm³/mol.